The highest BCUT2D eigenvalue weighted by Crippen LogP contribution is 2.17. The number of ether oxygens (including phenoxy) is 2. The maximum absolute atomic E-state index is 12.5. The topological polar surface area (TPSA) is 72.9 Å². The number of nitrogens with zero attached hydrogens (tertiary/aromatic N) is 1. The van der Waals surface area contributed by atoms with Crippen molar-refractivity contribution < 1.29 is 23.9 Å². The molecular weight excluding hydrogens is 342 g/mol. The van der Waals surface area contributed by atoms with E-state index in [1.807, 2.05) is 0 Å². The first kappa shape index (κ1) is 17.2. The molecule has 0 radical (unpaired) electrons. The smallest absolute Gasteiger partial charge is 0.325 e. The van der Waals surface area contributed by atoms with Crippen LogP contribution in [0.25, 0.3) is 0 Å². The van der Waals surface area contributed by atoms with Crippen LogP contribution >= 0.6 is 15.9 Å². The number of halogens is 1. The van der Waals surface area contributed by atoms with Gasteiger partial charge in [0.15, 0.2) is 0 Å². The fourth-order valence-corrected chi connectivity index (χ4v) is 2.15. The third-order valence-corrected chi connectivity index (χ3v) is 3.29. The molecular formula is C14H16BrNO5. The van der Waals surface area contributed by atoms with Gasteiger partial charge in [-0.3, -0.25) is 14.4 Å². The van der Waals surface area contributed by atoms with E-state index < -0.39 is 17.8 Å². The van der Waals surface area contributed by atoms with Crippen molar-refractivity contribution >= 4 is 33.8 Å². The second-order valence-corrected chi connectivity index (χ2v) is 5.19. The minimum absolute atomic E-state index is 0.320. The molecule has 0 aliphatic carbocycles. The van der Waals surface area contributed by atoms with Gasteiger partial charge in [-0.1, -0.05) is 15.9 Å². The molecule has 0 atom stereocenters. The number of hydrogen-bond acceptors (Lipinski definition) is 5. The van der Waals surface area contributed by atoms with Gasteiger partial charge in [-0.2, -0.15) is 0 Å². The van der Waals surface area contributed by atoms with Crippen LogP contribution in [0.3, 0.4) is 0 Å². The molecule has 0 unspecified atom stereocenters. The molecule has 0 saturated heterocycles. The standard InChI is InChI=1S/C14H16BrNO5/c1-9-6-10(15)4-5-11(9)14(19)16(7-12(17)20-2)8-13(18)21-3/h4-6H,7-8H2,1-3H3. The highest BCUT2D eigenvalue weighted by atomic mass is 79.9. The van der Waals surface area contributed by atoms with Crippen molar-refractivity contribution in [2.75, 3.05) is 27.3 Å². The van der Waals surface area contributed by atoms with Crippen LogP contribution in [0.1, 0.15) is 15.9 Å². The van der Waals surface area contributed by atoms with Gasteiger partial charge in [0, 0.05) is 10.0 Å². The van der Waals surface area contributed by atoms with E-state index in [9.17, 15) is 14.4 Å². The fourth-order valence-electron chi connectivity index (χ4n) is 1.68. The van der Waals surface area contributed by atoms with Crippen LogP contribution in [0.5, 0.6) is 0 Å². The van der Waals surface area contributed by atoms with Crippen LogP contribution in [0.15, 0.2) is 22.7 Å². The van der Waals surface area contributed by atoms with Crippen LogP contribution in [0.2, 0.25) is 0 Å². The van der Waals surface area contributed by atoms with Crippen molar-refractivity contribution in [3.63, 3.8) is 0 Å². The van der Waals surface area contributed by atoms with Crippen LogP contribution in [0.4, 0.5) is 0 Å². The molecule has 114 valence electrons. The summed E-state index contributed by atoms with van der Waals surface area (Å²) in [6, 6.07) is 5.12. The Bertz CT molecular complexity index is 540. The molecule has 0 aromatic heterocycles. The highest BCUT2D eigenvalue weighted by Gasteiger charge is 2.23. The number of aryl methyl sites for hydroxylation is 1. The van der Waals surface area contributed by atoms with Crippen LogP contribution in [0, 0.1) is 6.92 Å². The Balaban J connectivity index is 3.02. The number of benzene rings is 1. The lowest BCUT2D eigenvalue weighted by Crippen LogP contribution is -2.40. The summed E-state index contributed by atoms with van der Waals surface area (Å²) in [5, 5.41) is 0. The van der Waals surface area contributed by atoms with Crippen LogP contribution in [-0.4, -0.2) is 50.1 Å². The van der Waals surface area contributed by atoms with E-state index in [1.54, 1.807) is 25.1 Å². The summed E-state index contributed by atoms with van der Waals surface area (Å²) in [4.78, 5) is 36.3. The zero-order valence-electron chi connectivity index (χ0n) is 12.0. The average Bonchev–Trinajstić information content (AvgIpc) is 2.45. The highest BCUT2D eigenvalue weighted by molar-refractivity contribution is 9.10. The van der Waals surface area contributed by atoms with Crippen molar-refractivity contribution in [2.45, 2.75) is 6.92 Å². The molecule has 7 heteroatoms. The summed E-state index contributed by atoms with van der Waals surface area (Å²) >= 11 is 3.31. The van der Waals surface area contributed by atoms with E-state index >= 15 is 0 Å². The summed E-state index contributed by atoms with van der Waals surface area (Å²) in [6.45, 7) is 1.13. The quantitative estimate of drug-likeness (QED) is 0.747. The third kappa shape index (κ3) is 4.86. The minimum Gasteiger partial charge on any atom is -0.468 e. The second-order valence-electron chi connectivity index (χ2n) is 4.27. The van der Waals surface area contributed by atoms with Crippen LogP contribution < -0.4 is 0 Å². The number of amides is 1. The van der Waals surface area contributed by atoms with Crippen molar-refractivity contribution in [1.82, 2.24) is 4.90 Å². The van der Waals surface area contributed by atoms with Gasteiger partial charge in [0.25, 0.3) is 5.91 Å². The molecule has 0 saturated carbocycles. The Hall–Kier alpha value is -1.89. The number of carbonyl (C=O) groups excluding carboxylic acids is 3. The SMILES string of the molecule is COC(=O)CN(CC(=O)OC)C(=O)c1ccc(Br)cc1C. The van der Waals surface area contributed by atoms with Crippen molar-refractivity contribution in [3.8, 4) is 0 Å². The normalized spacial score (nSPS) is 9.90. The minimum atomic E-state index is -0.609. The van der Waals surface area contributed by atoms with Gasteiger partial charge >= 0.3 is 11.9 Å². The monoisotopic (exact) mass is 357 g/mol. The van der Waals surface area contributed by atoms with Gasteiger partial charge < -0.3 is 14.4 Å². The Kier molecular flexibility index (Phi) is 6.36. The van der Waals surface area contributed by atoms with E-state index in [1.165, 1.54) is 14.2 Å². The fraction of sp³-hybridized carbons (Fsp3) is 0.357. The molecule has 1 amide bonds. The zero-order valence-corrected chi connectivity index (χ0v) is 13.6. The van der Waals surface area contributed by atoms with Gasteiger partial charge in [-0.15, -0.1) is 0 Å². The zero-order chi connectivity index (χ0) is 16.0. The lowest BCUT2D eigenvalue weighted by Gasteiger charge is -2.21. The van der Waals surface area contributed by atoms with Gasteiger partial charge in [0.2, 0.25) is 0 Å². The first-order chi connectivity index (χ1) is 9.88. The molecule has 0 N–H and O–H groups in total. The summed E-state index contributed by atoms with van der Waals surface area (Å²) in [7, 11) is 2.43. The molecule has 1 aromatic rings. The lowest BCUT2D eigenvalue weighted by molar-refractivity contribution is -0.144. The van der Waals surface area contributed by atoms with Crippen molar-refractivity contribution in [3.05, 3.63) is 33.8 Å². The molecule has 21 heavy (non-hydrogen) atoms. The molecule has 0 spiro atoms. The lowest BCUT2D eigenvalue weighted by atomic mass is 10.1. The summed E-state index contributed by atoms with van der Waals surface area (Å²) in [5.41, 5.74) is 1.14. The van der Waals surface area contributed by atoms with E-state index in [4.69, 9.17) is 0 Å². The number of rotatable bonds is 5. The van der Waals surface area contributed by atoms with Gasteiger partial charge in [-0.05, 0) is 30.7 Å². The molecule has 0 heterocycles. The summed E-state index contributed by atoms with van der Waals surface area (Å²) in [5.74, 6) is -1.65. The maximum Gasteiger partial charge on any atom is 0.325 e. The largest absolute Gasteiger partial charge is 0.468 e. The predicted molar refractivity (Wildman–Crippen MR) is 78.8 cm³/mol. The predicted octanol–water partition coefficient (Wildman–Crippen LogP) is 1.55. The first-order valence-electron chi connectivity index (χ1n) is 6.08. The third-order valence-electron chi connectivity index (χ3n) is 2.80. The van der Waals surface area contributed by atoms with E-state index in [-0.39, 0.29) is 13.1 Å². The molecule has 0 bridgehead atoms. The number of carbonyl (C=O) groups is 3. The van der Waals surface area contributed by atoms with E-state index in [0.717, 1.165) is 14.9 Å². The van der Waals surface area contributed by atoms with E-state index in [2.05, 4.69) is 25.4 Å². The van der Waals surface area contributed by atoms with Gasteiger partial charge in [-0.25, -0.2) is 0 Å². The Labute approximate surface area is 131 Å². The molecule has 1 aromatic carbocycles. The Morgan fingerprint density at radius 1 is 1.10 bits per heavy atom. The van der Waals surface area contributed by atoms with Gasteiger partial charge in [0.1, 0.15) is 13.1 Å². The van der Waals surface area contributed by atoms with Gasteiger partial charge in [0.05, 0.1) is 14.2 Å². The molecule has 0 fully saturated rings. The Morgan fingerprint density at radius 2 is 1.62 bits per heavy atom. The van der Waals surface area contributed by atoms with Crippen molar-refractivity contribution in [2.24, 2.45) is 0 Å². The molecule has 0 aliphatic rings. The average molecular weight is 358 g/mol. The van der Waals surface area contributed by atoms with E-state index in [0.29, 0.717) is 5.56 Å². The molecule has 0 aliphatic heterocycles. The summed E-state index contributed by atoms with van der Waals surface area (Å²) in [6.07, 6.45) is 0. The first-order valence-corrected chi connectivity index (χ1v) is 6.87. The molecule has 6 nitrogen and oxygen atoms in total. The number of esters is 2. The Morgan fingerprint density at radius 3 is 2.05 bits per heavy atom. The van der Waals surface area contributed by atoms with Crippen LogP contribution in [-0.2, 0) is 19.1 Å². The molecule has 1 rings (SSSR count). The number of methoxy groups -OCH3 is 2. The second kappa shape index (κ2) is 7.78. The van der Waals surface area contributed by atoms with Crippen molar-refractivity contribution in [1.29, 1.82) is 0 Å². The number of hydrogen-bond donors (Lipinski definition) is 0. The maximum atomic E-state index is 12.5. The summed E-state index contributed by atoms with van der Waals surface area (Å²) < 4.78 is 9.91.